The van der Waals surface area contributed by atoms with Gasteiger partial charge >= 0.3 is 0 Å². The minimum absolute atomic E-state index is 0.135. The highest BCUT2D eigenvalue weighted by Gasteiger charge is 2.27. The van der Waals surface area contributed by atoms with Gasteiger partial charge in [-0.1, -0.05) is 0 Å². The lowest BCUT2D eigenvalue weighted by Gasteiger charge is -2.09. The average Bonchev–Trinajstić information content (AvgIpc) is 3.18. The third kappa shape index (κ3) is 4.77. The molecule has 1 atom stereocenters. The summed E-state index contributed by atoms with van der Waals surface area (Å²) in [5.41, 5.74) is 6.61. The molecule has 0 aliphatic heterocycles. The van der Waals surface area contributed by atoms with Gasteiger partial charge in [-0.05, 0) is 56.9 Å². The molecular formula is C14H23N3O2S. The number of benzene rings is 1. The summed E-state index contributed by atoms with van der Waals surface area (Å²) < 4.78 is 26.6. The number of nitrogens with two attached hydrogens (primary N) is 1. The highest BCUT2D eigenvalue weighted by Crippen LogP contribution is 2.22. The van der Waals surface area contributed by atoms with Gasteiger partial charge in [-0.3, -0.25) is 0 Å². The molecule has 1 aromatic carbocycles. The van der Waals surface area contributed by atoms with Gasteiger partial charge in [0.05, 0.1) is 4.90 Å². The second-order valence-electron chi connectivity index (χ2n) is 5.47. The van der Waals surface area contributed by atoms with Gasteiger partial charge in [0, 0.05) is 24.3 Å². The summed E-state index contributed by atoms with van der Waals surface area (Å²) in [7, 11) is -3.34. The van der Waals surface area contributed by atoms with E-state index in [0.717, 1.165) is 37.9 Å². The highest BCUT2D eigenvalue weighted by atomic mass is 32.2. The molecule has 1 unspecified atom stereocenters. The number of anilines is 1. The van der Waals surface area contributed by atoms with E-state index in [4.69, 9.17) is 5.73 Å². The largest absolute Gasteiger partial charge is 0.385 e. The molecule has 5 nitrogen and oxygen atoms in total. The first kappa shape index (κ1) is 15.3. The molecule has 0 heterocycles. The predicted octanol–water partition coefficient (Wildman–Crippen LogP) is 1.67. The molecule has 1 fully saturated rings. The molecule has 1 saturated carbocycles. The lowest BCUT2D eigenvalue weighted by atomic mass is 10.2. The Kier molecular flexibility index (Phi) is 5.01. The lowest BCUT2D eigenvalue weighted by molar-refractivity contribution is 0.581. The van der Waals surface area contributed by atoms with Crippen molar-refractivity contribution in [1.29, 1.82) is 0 Å². The van der Waals surface area contributed by atoms with E-state index in [2.05, 4.69) is 10.0 Å². The highest BCUT2D eigenvalue weighted by molar-refractivity contribution is 7.89. The van der Waals surface area contributed by atoms with Crippen molar-refractivity contribution in [3.63, 3.8) is 0 Å². The van der Waals surface area contributed by atoms with Crippen molar-refractivity contribution in [1.82, 2.24) is 4.72 Å². The van der Waals surface area contributed by atoms with E-state index < -0.39 is 10.0 Å². The number of hydrogen-bond donors (Lipinski definition) is 3. The van der Waals surface area contributed by atoms with Gasteiger partial charge < -0.3 is 11.1 Å². The fourth-order valence-electron chi connectivity index (χ4n) is 1.90. The van der Waals surface area contributed by atoms with E-state index in [1.165, 1.54) is 0 Å². The number of hydrogen-bond acceptors (Lipinski definition) is 4. The fraction of sp³-hybridized carbons (Fsp3) is 0.571. The Hall–Kier alpha value is -1.11. The van der Waals surface area contributed by atoms with Crippen molar-refractivity contribution in [2.24, 2.45) is 5.73 Å². The first-order valence-electron chi connectivity index (χ1n) is 7.09. The van der Waals surface area contributed by atoms with Crippen LogP contribution in [0.4, 0.5) is 5.69 Å². The van der Waals surface area contributed by atoms with Crippen LogP contribution in [0.5, 0.6) is 0 Å². The van der Waals surface area contributed by atoms with Crippen molar-refractivity contribution < 1.29 is 8.42 Å². The second kappa shape index (κ2) is 6.56. The Morgan fingerprint density at radius 2 is 1.95 bits per heavy atom. The molecule has 4 N–H and O–H groups in total. The topological polar surface area (TPSA) is 84.2 Å². The van der Waals surface area contributed by atoms with Crippen LogP contribution in [-0.2, 0) is 10.0 Å². The van der Waals surface area contributed by atoms with Gasteiger partial charge in [-0.2, -0.15) is 0 Å². The van der Waals surface area contributed by atoms with Gasteiger partial charge in [-0.15, -0.1) is 0 Å². The summed E-state index contributed by atoms with van der Waals surface area (Å²) in [5.74, 6) is 0. The first-order chi connectivity index (χ1) is 9.47. The molecule has 0 aromatic heterocycles. The molecule has 1 aliphatic rings. The summed E-state index contributed by atoms with van der Waals surface area (Å²) in [6.45, 7) is 2.83. The SMILES string of the molecule is CC(N)CCCNc1ccc(S(=O)(=O)NC2CC2)cc1. The molecule has 0 saturated heterocycles. The van der Waals surface area contributed by atoms with Crippen molar-refractivity contribution in [3.8, 4) is 0 Å². The second-order valence-corrected chi connectivity index (χ2v) is 7.18. The maximum atomic E-state index is 12.0. The quantitative estimate of drug-likeness (QED) is 0.637. The van der Waals surface area contributed by atoms with Gasteiger partial charge in [0.25, 0.3) is 0 Å². The molecule has 112 valence electrons. The van der Waals surface area contributed by atoms with Crippen LogP contribution < -0.4 is 15.8 Å². The van der Waals surface area contributed by atoms with Crippen molar-refractivity contribution in [2.45, 2.75) is 49.6 Å². The third-order valence-electron chi connectivity index (χ3n) is 3.23. The Morgan fingerprint density at radius 3 is 2.50 bits per heavy atom. The molecule has 0 bridgehead atoms. The van der Waals surface area contributed by atoms with Crippen molar-refractivity contribution in [2.75, 3.05) is 11.9 Å². The van der Waals surface area contributed by atoms with Crippen LogP contribution in [0, 0.1) is 0 Å². The van der Waals surface area contributed by atoms with Crippen molar-refractivity contribution in [3.05, 3.63) is 24.3 Å². The molecule has 6 heteroatoms. The molecule has 20 heavy (non-hydrogen) atoms. The zero-order valence-corrected chi connectivity index (χ0v) is 12.6. The third-order valence-corrected chi connectivity index (χ3v) is 4.77. The first-order valence-corrected chi connectivity index (χ1v) is 8.57. The number of sulfonamides is 1. The number of nitrogens with one attached hydrogen (secondary N) is 2. The summed E-state index contributed by atoms with van der Waals surface area (Å²) in [6, 6.07) is 7.23. The molecule has 1 aromatic rings. The summed E-state index contributed by atoms with van der Waals surface area (Å²) in [6.07, 6.45) is 3.86. The maximum Gasteiger partial charge on any atom is 0.240 e. The zero-order chi connectivity index (χ0) is 14.6. The number of rotatable bonds is 8. The minimum Gasteiger partial charge on any atom is -0.385 e. The average molecular weight is 297 g/mol. The molecule has 0 radical (unpaired) electrons. The monoisotopic (exact) mass is 297 g/mol. The van der Waals surface area contributed by atoms with Crippen LogP contribution in [0.2, 0.25) is 0 Å². The van der Waals surface area contributed by atoms with Crippen LogP contribution in [0.25, 0.3) is 0 Å². The van der Waals surface area contributed by atoms with E-state index in [1.807, 2.05) is 6.92 Å². The lowest BCUT2D eigenvalue weighted by Crippen LogP contribution is -2.25. The van der Waals surface area contributed by atoms with E-state index in [9.17, 15) is 8.42 Å². The maximum absolute atomic E-state index is 12.0. The molecule has 0 amide bonds. The molecular weight excluding hydrogens is 274 g/mol. The van der Waals surface area contributed by atoms with E-state index in [-0.39, 0.29) is 12.1 Å². The summed E-state index contributed by atoms with van der Waals surface area (Å²) in [5, 5.41) is 3.26. The van der Waals surface area contributed by atoms with Crippen LogP contribution in [0.3, 0.4) is 0 Å². The summed E-state index contributed by atoms with van der Waals surface area (Å²) in [4.78, 5) is 0.325. The summed E-state index contributed by atoms with van der Waals surface area (Å²) >= 11 is 0. The smallest absolute Gasteiger partial charge is 0.240 e. The van der Waals surface area contributed by atoms with E-state index in [0.29, 0.717) is 4.90 Å². The Bertz CT molecular complexity index is 522. The molecule has 2 rings (SSSR count). The Morgan fingerprint density at radius 1 is 1.30 bits per heavy atom. The van der Waals surface area contributed by atoms with E-state index >= 15 is 0 Å². The van der Waals surface area contributed by atoms with Crippen LogP contribution in [-0.4, -0.2) is 27.0 Å². The fourth-order valence-corrected chi connectivity index (χ4v) is 3.20. The standard InChI is InChI=1S/C14H23N3O2S/c1-11(15)3-2-10-16-12-6-8-14(9-7-12)20(18,19)17-13-4-5-13/h6-9,11,13,16-17H,2-5,10,15H2,1H3. The Labute approximate surface area is 121 Å². The van der Waals surface area contributed by atoms with E-state index in [1.54, 1.807) is 24.3 Å². The predicted molar refractivity (Wildman–Crippen MR) is 81.2 cm³/mol. The van der Waals surface area contributed by atoms with Gasteiger partial charge in [-0.25, -0.2) is 13.1 Å². The van der Waals surface area contributed by atoms with Crippen LogP contribution >= 0.6 is 0 Å². The van der Waals surface area contributed by atoms with Crippen molar-refractivity contribution >= 4 is 15.7 Å². The normalized spacial score (nSPS) is 16.9. The van der Waals surface area contributed by atoms with Crippen LogP contribution in [0.15, 0.2) is 29.2 Å². The van der Waals surface area contributed by atoms with Crippen LogP contribution in [0.1, 0.15) is 32.6 Å². The van der Waals surface area contributed by atoms with Gasteiger partial charge in [0.1, 0.15) is 0 Å². The molecule has 0 spiro atoms. The Balaban J connectivity index is 1.85. The van der Waals surface area contributed by atoms with Gasteiger partial charge in [0.15, 0.2) is 0 Å². The zero-order valence-electron chi connectivity index (χ0n) is 11.8. The van der Waals surface area contributed by atoms with Gasteiger partial charge in [0.2, 0.25) is 10.0 Å². The molecule has 1 aliphatic carbocycles. The minimum atomic E-state index is -3.34.